The number of benzene rings is 1. The molecule has 0 radical (unpaired) electrons. The molecule has 1 aromatic carbocycles. The van der Waals surface area contributed by atoms with Crippen molar-refractivity contribution >= 4 is 38.7 Å². The van der Waals surface area contributed by atoms with E-state index in [1.807, 2.05) is 23.5 Å². The van der Waals surface area contributed by atoms with Crippen molar-refractivity contribution in [1.82, 2.24) is 34.0 Å². The Kier molecular flexibility index (Phi) is 7.09. The van der Waals surface area contributed by atoms with E-state index in [-0.39, 0.29) is 36.0 Å². The molecule has 2 aliphatic rings. The van der Waals surface area contributed by atoms with Gasteiger partial charge in [-0.15, -0.1) is 10.2 Å². The van der Waals surface area contributed by atoms with Crippen LogP contribution in [0, 0.1) is 18.7 Å². The maximum atomic E-state index is 15.1. The van der Waals surface area contributed by atoms with Crippen LogP contribution in [-0.4, -0.2) is 71.9 Å². The Morgan fingerprint density at radius 2 is 1.97 bits per heavy atom. The second-order valence-corrected chi connectivity index (χ2v) is 12.3. The molecule has 0 bridgehead atoms. The number of rotatable bonds is 6. The molecule has 2 fully saturated rings. The minimum atomic E-state index is -0.168. The van der Waals surface area contributed by atoms with E-state index >= 15 is 4.39 Å². The Hall–Kier alpha value is -2.63. The number of hydrogen-bond acceptors (Lipinski definition) is 7. The van der Waals surface area contributed by atoms with E-state index in [2.05, 4.69) is 68.2 Å². The highest BCUT2D eigenvalue weighted by Crippen LogP contribution is 2.37. The number of hydrogen-bond donors (Lipinski definition) is 0. The minimum Gasteiger partial charge on any atom is -0.376 e. The largest absolute Gasteiger partial charge is 0.376 e. The van der Waals surface area contributed by atoms with E-state index in [9.17, 15) is 0 Å². The first kappa shape index (κ1) is 26.6. The fourth-order valence-corrected chi connectivity index (χ4v) is 6.79. The summed E-state index contributed by atoms with van der Waals surface area (Å²) in [7, 11) is 0. The first-order valence-corrected chi connectivity index (χ1v) is 14.7. The van der Waals surface area contributed by atoms with Gasteiger partial charge >= 0.3 is 0 Å². The Morgan fingerprint density at radius 3 is 2.69 bits per heavy atom. The zero-order chi connectivity index (χ0) is 27.4. The molecular formula is C28H36BrFN8O. The lowest BCUT2D eigenvalue weighted by atomic mass is 9.91. The fraction of sp³-hybridized carbons (Fsp3) is 0.571. The van der Waals surface area contributed by atoms with Crippen LogP contribution in [0.5, 0.6) is 0 Å². The average molecular weight is 600 g/mol. The predicted octanol–water partition coefficient (Wildman–Crippen LogP) is 5.16. The fourth-order valence-electron chi connectivity index (χ4n) is 6.46. The van der Waals surface area contributed by atoms with Crippen molar-refractivity contribution in [3.8, 4) is 0 Å². The van der Waals surface area contributed by atoms with Crippen LogP contribution >= 0.6 is 15.9 Å². The lowest BCUT2D eigenvalue weighted by Crippen LogP contribution is -2.58. The third-order valence-electron chi connectivity index (χ3n) is 8.29. The molecule has 11 heteroatoms. The molecule has 9 nitrogen and oxygen atoms in total. The molecule has 0 amide bonds. The summed E-state index contributed by atoms with van der Waals surface area (Å²) in [5.74, 6) is 2.39. The molecule has 208 valence electrons. The highest BCUT2D eigenvalue weighted by molar-refractivity contribution is 9.10. The molecule has 3 aromatic heterocycles. The Labute approximate surface area is 236 Å². The number of fused-ring (bicyclic) bond motifs is 3. The minimum absolute atomic E-state index is 0.0301. The number of halogens is 2. The summed E-state index contributed by atoms with van der Waals surface area (Å²) in [6.07, 6.45) is 4.03. The van der Waals surface area contributed by atoms with Gasteiger partial charge in [0.05, 0.1) is 12.6 Å². The first-order valence-electron chi connectivity index (χ1n) is 13.9. The van der Waals surface area contributed by atoms with Crippen molar-refractivity contribution in [3.05, 3.63) is 46.2 Å². The van der Waals surface area contributed by atoms with Gasteiger partial charge in [0.2, 0.25) is 0 Å². The number of piperazine rings is 1. The number of aryl methyl sites for hydroxylation is 1. The van der Waals surface area contributed by atoms with Crippen LogP contribution < -0.4 is 4.90 Å². The van der Waals surface area contributed by atoms with Crippen LogP contribution in [0.15, 0.2) is 29.0 Å². The maximum Gasteiger partial charge on any atom is 0.258 e. The highest BCUT2D eigenvalue weighted by Gasteiger charge is 2.38. The second kappa shape index (κ2) is 10.4. The maximum absolute atomic E-state index is 15.1. The van der Waals surface area contributed by atoms with Crippen molar-refractivity contribution in [1.29, 1.82) is 0 Å². The highest BCUT2D eigenvalue weighted by atomic mass is 79.9. The second-order valence-electron chi connectivity index (χ2n) is 11.4. The Bertz CT molecular complexity index is 1500. The van der Waals surface area contributed by atoms with Crippen LogP contribution in [0.4, 0.5) is 10.2 Å². The number of aromatic nitrogens is 6. The summed E-state index contributed by atoms with van der Waals surface area (Å²) < 4.78 is 26.0. The monoisotopic (exact) mass is 598 g/mol. The molecule has 4 atom stereocenters. The number of imidazole rings is 1. The lowest BCUT2D eigenvalue weighted by molar-refractivity contribution is 0.0800. The molecule has 0 N–H and O–H groups in total. The van der Waals surface area contributed by atoms with Gasteiger partial charge in [-0.2, -0.15) is 4.98 Å². The van der Waals surface area contributed by atoms with Crippen molar-refractivity contribution in [2.24, 2.45) is 5.92 Å². The number of ether oxygens (including phenoxy) is 1. The summed E-state index contributed by atoms with van der Waals surface area (Å²) in [4.78, 5) is 14.8. The van der Waals surface area contributed by atoms with Crippen LogP contribution in [0.3, 0.4) is 0 Å². The van der Waals surface area contributed by atoms with Gasteiger partial charge in [-0.1, -0.05) is 35.8 Å². The first-order chi connectivity index (χ1) is 18.7. The van der Waals surface area contributed by atoms with Crippen molar-refractivity contribution < 1.29 is 9.13 Å². The summed E-state index contributed by atoms with van der Waals surface area (Å²) in [5.41, 5.74) is 2.55. The standard InChI is InChI=1S/C28H36BrFN8O/c1-16(2)25(22-9-8-20(29)11-23(22)30)35-12-18(4)36(13-17(35)3)26-24-27(38-15-31-34-28(38)33-26)37(19(5)32-24)14-21-7-6-10-39-21/h8-9,11,15-18,21,25H,6-7,10,12-14H2,1-5H3/t17-,18+,21+,25+/m1/s1. The summed E-state index contributed by atoms with van der Waals surface area (Å²) in [6.45, 7) is 13.9. The van der Waals surface area contributed by atoms with Gasteiger partial charge in [0, 0.05) is 47.9 Å². The smallest absolute Gasteiger partial charge is 0.258 e. The molecular weight excluding hydrogens is 563 g/mol. The summed E-state index contributed by atoms with van der Waals surface area (Å²) in [5, 5.41) is 8.49. The Balaban J connectivity index is 1.37. The van der Waals surface area contributed by atoms with Gasteiger partial charge in [0.1, 0.15) is 23.5 Å². The molecule has 0 saturated carbocycles. The van der Waals surface area contributed by atoms with Gasteiger partial charge in [-0.3, -0.25) is 4.90 Å². The van der Waals surface area contributed by atoms with E-state index in [0.29, 0.717) is 5.78 Å². The van der Waals surface area contributed by atoms with Gasteiger partial charge in [-0.25, -0.2) is 13.8 Å². The number of anilines is 1. The predicted molar refractivity (Wildman–Crippen MR) is 152 cm³/mol. The van der Waals surface area contributed by atoms with Crippen molar-refractivity contribution in [3.63, 3.8) is 0 Å². The summed E-state index contributed by atoms with van der Waals surface area (Å²) in [6, 6.07) is 5.68. The SMILES string of the molecule is Cc1nc2c(N3C[C@@H](C)N([C@H](c4ccc(Br)cc4F)C(C)C)C[C@@H]3C)nc3nncn3c2n1C[C@@H]1CCCO1. The van der Waals surface area contributed by atoms with Crippen LogP contribution in [0.25, 0.3) is 16.9 Å². The lowest BCUT2D eigenvalue weighted by Gasteiger charge is -2.49. The molecule has 5 heterocycles. The normalized spacial score (nSPS) is 23.5. The van der Waals surface area contributed by atoms with Gasteiger partial charge in [0.15, 0.2) is 11.5 Å². The molecule has 0 spiro atoms. The molecule has 2 saturated heterocycles. The third-order valence-corrected chi connectivity index (χ3v) is 8.79. The zero-order valence-corrected chi connectivity index (χ0v) is 24.8. The average Bonchev–Trinajstić information content (AvgIpc) is 3.63. The van der Waals surface area contributed by atoms with E-state index in [0.717, 1.165) is 71.9 Å². The topological polar surface area (TPSA) is 76.6 Å². The Morgan fingerprint density at radius 1 is 1.15 bits per heavy atom. The molecule has 0 unspecified atom stereocenters. The van der Waals surface area contributed by atoms with Crippen molar-refractivity contribution in [2.75, 3.05) is 24.6 Å². The molecule has 2 aliphatic heterocycles. The van der Waals surface area contributed by atoms with Crippen molar-refractivity contribution in [2.45, 2.75) is 78.2 Å². The molecule has 39 heavy (non-hydrogen) atoms. The van der Waals surface area contributed by atoms with E-state index in [1.165, 1.54) is 0 Å². The van der Waals surface area contributed by atoms with Gasteiger partial charge in [0.25, 0.3) is 5.78 Å². The number of nitrogens with zero attached hydrogens (tertiary/aromatic N) is 8. The van der Waals surface area contributed by atoms with E-state index in [4.69, 9.17) is 14.7 Å². The quantitative estimate of drug-likeness (QED) is 0.303. The van der Waals surface area contributed by atoms with Crippen LogP contribution in [0.2, 0.25) is 0 Å². The van der Waals surface area contributed by atoms with Gasteiger partial charge in [-0.05, 0) is 51.7 Å². The molecule has 6 rings (SSSR count). The van der Waals surface area contributed by atoms with E-state index in [1.54, 1.807) is 12.4 Å². The third kappa shape index (κ3) is 4.72. The van der Waals surface area contributed by atoms with E-state index < -0.39 is 0 Å². The molecule has 4 aromatic rings. The summed E-state index contributed by atoms with van der Waals surface area (Å²) >= 11 is 3.41. The van der Waals surface area contributed by atoms with Gasteiger partial charge < -0.3 is 14.2 Å². The zero-order valence-electron chi connectivity index (χ0n) is 23.2. The molecule has 0 aliphatic carbocycles. The van der Waals surface area contributed by atoms with Crippen LogP contribution in [-0.2, 0) is 11.3 Å². The van der Waals surface area contributed by atoms with Crippen LogP contribution in [0.1, 0.15) is 58.0 Å².